The molecule has 1 aromatic rings. The summed E-state index contributed by atoms with van der Waals surface area (Å²) >= 11 is 0. The van der Waals surface area contributed by atoms with Gasteiger partial charge < -0.3 is 20.5 Å². The van der Waals surface area contributed by atoms with Gasteiger partial charge in [-0.05, 0) is 24.3 Å². The predicted octanol–water partition coefficient (Wildman–Crippen LogP) is 0.571. The summed E-state index contributed by atoms with van der Waals surface area (Å²) < 4.78 is 10.3. The number of nitrogens with one attached hydrogen (secondary N) is 1. The fourth-order valence-corrected chi connectivity index (χ4v) is 1.08. The molecule has 0 fully saturated rings. The second kappa shape index (κ2) is 8.66. The summed E-state index contributed by atoms with van der Waals surface area (Å²) in [5.41, 5.74) is 5.25. The monoisotopic (exact) mass is 260 g/mol. The van der Waals surface area contributed by atoms with Crippen molar-refractivity contribution in [1.82, 2.24) is 5.32 Å². The lowest BCUT2D eigenvalue weighted by atomic mass is 10.3. The van der Waals surface area contributed by atoms with E-state index in [0.29, 0.717) is 18.8 Å². The third-order valence-electron chi connectivity index (χ3n) is 1.90. The van der Waals surface area contributed by atoms with Gasteiger partial charge in [0, 0.05) is 13.1 Å². The lowest BCUT2D eigenvalue weighted by molar-refractivity contribution is -0.123. The van der Waals surface area contributed by atoms with Crippen LogP contribution in [0, 0.1) is 0 Å². The van der Waals surface area contributed by atoms with Crippen molar-refractivity contribution in [3.8, 4) is 11.5 Å². The molecule has 0 aromatic heterocycles. The Morgan fingerprint density at radius 2 is 1.88 bits per heavy atom. The summed E-state index contributed by atoms with van der Waals surface area (Å²) in [5, 5.41) is 2.61. The van der Waals surface area contributed by atoms with Crippen molar-refractivity contribution in [3.05, 3.63) is 24.3 Å². The molecule has 0 aliphatic carbocycles. The maximum absolute atomic E-state index is 11.2. The van der Waals surface area contributed by atoms with Gasteiger partial charge in [-0.3, -0.25) is 4.79 Å². The van der Waals surface area contributed by atoms with Crippen molar-refractivity contribution in [3.63, 3.8) is 0 Å². The molecule has 0 spiro atoms. The average Bonchev–Trinajstić information content (AvgIpc) is 2.34. The number of halogens is 1. The first kappa shape index (κ1) is 15.5. The molecule has 5 nitrogen and oxygen atoms in total. The zero-order chi connectivity index (χ0) is 11.8. The Hall–Kier alpha value is -1.46. The first-order valence-electron chi connectivity index (χ1n) is 5.00. The first-order valence-corrected chi connectivity index (χ1v) is 5.00. The number of rotatable bonds is 6. The highest BCUT2D eigenvalue weighted by atomic mass is 35.5. The summed E-state index contributed by atoms with van der Waals surface area (Å²) in [6, 6.07) is 7.03. The molecule has 0 bridgehead atoms. The number of hydrogen-bond acceptors (Lipinski definition) is 4. The number of hydrogen-bond donors (Lipinski definition) is 2. The molecular formula is C11H17ClN2O3. The zero-order valence-electron chi connectivity index (χ0n) is 9.64. The molecule has 0 saturated heterocycles. The second-order valence-electron chi connectivity index (χ2n) is 3.10. The molecule has 0 unspecified atom stereocenters. The fraction of sp³-hybridized carbons (Fsp3) is 0.364. The maximum atomic E-state index is 11.2. The number of methoxy groups -OCH3 is 1. The van der Waals surface area contributed by atoms with Crippen LogP contribution in [0.15, 0.2) is 24.3 Å². The highest BCUT2D eigenvalue weighted by Gasteiger charge is 2.01. The summed E-state index contributed by atoms with van der Waals surface area (Å²) in [7, 11) is 1.59. The quantitative estimate of drug-likeness (QED) is 0.784. The van der Waals surface area contributed by atoms with Crippen LogP contribution in [0.3, 0.4) is 0 Å². The molecule has 96 valence electrons. The Labute approximate surface area is 107 Å². The molecule has 6 heteroatoms. The Kier molecular flexibility index (Phi) is 7.92. The summed E-state index contributed by atoms with van der Waals surface area (Å²) in [4.78, 5) is 11.2. The van der Waals surface area contributed by atoms with Crippen LogP contribution in [-0.2, 0) is 4.79 Å². The Balaban J connectivity index is 0.00000256. The van der Waals surface area contributed by atoms with Gasteiger partial charge in [0.25, 0.3) is 5.91 Å². The van der Waals surface area contributed by atoms with Crippen LogP contribution in [0.5, 0.6) is 11.5 Å². The van der Waals surface area contributed by atoms with Gasteiger partial charge in [-0.15, -0.1) is 12.4 Å². The number of benzene rings is 1. The van der Waals surface area contributed by atoms with Crippen LogP contribution >= 0.6 is 12.4 Å². The van der Waals surface area contributed by atoms with E-state index in [0.717, 1.165) is 5.75 Å². The molecule has 0 atom stereocenters. The fourth-order valence-electron chi connectivity index (χ4n) is 1.08. The molecule has 0 aliphatic heterocycles. The van der Waals surface area contributed by atoms with Crippen molar-refractivity contribution in [2.24, 2.45) is 5.73 Å². The van der Waals surface area contributed by atoms with Crippen molar-refractivity contribution in [2.75, 3.05) is 26.8 Å². The molecule has 1 rings (SSSR count). The molecule has 1 amide bonds. The molecule has 0 radical (unpaired) electrons. The number of nitrogens with two attached hydrogens (primary N) is 1. The molecule has 0 saturated carbocycles. The molecule has 3 N–H and O–H groups in total. The standard InChI is InChI=1S/C11H16N2O3.ClH/c1-15-9-2-4-10(5-3-9)16-8-11(14)13-7-6-12;/h2-5H,6-8,12H2,1H3,(H,13,14);1H. The van der Waals surface area contributed by atoms with Gasteiger partial charge in [0.1, 0.15) is 11.5 Å². The predicted molar refractivity (Wildman–Crippen MR) is 67.8 cm³/mol. The third-order valence-corrected chi connectivity index (χ3v) is 1.90. The second-order valence-corrected chi connectivity index (χ2v) is 3.10. The van der Waals surface area contributed by atoms with E-state index in [1.807, 2.05) is 0 Å². The first-order chi connectivity index (χ1) is 7.76. The van der Waals surface area contributed by atoms with E-state index in [1.54, 1.807) is 31.4 Å². The van der Waals surface area contributed by atoms with Crippen molar-refractivity contribution in [2.45, 2.75) is 0 Å². The van der Waals surface area contributed by atoms with Crippen LogP contribution in [-0.4, -0.2) is 32.7 Å². The highest BCUT2D eigenvalue weighted by molar-refractivity contribution is 5.85. The van der Waals surface area contributed by atoms with E-state index >= 15 is 0 Å². The van der Waals surface area contributed by atoms with Gasteiger partial charge in [-0.25, -0.2) is 0 Å². The van der Waals surface area contributed by atoms with Gasteiger partial charge in [0.2, 0.25) is 0 Å². The minimum absolute atomic E-state index is 0. The van der Waals surface area contributed by atoms with E-state index in [1.165, 1.54) is 0 Å². The Morgan fingerprint density at radius 1 is 1.29 bits per heavy atom. The van der Waals surface area contributed by atoms with E-state index in [2.05, 4.69) is 5.32 Å². The molecule has 0 heterocycles. The third kappa shape index (κ3) is 5.99. The topological polar surface area (TPSA) is 73.6 Å². The smallest absolute Gasteiger partial charge is 0.257 e. The van der Waals surface area contributed by atoms with Gasteiger partial charge in [-0.1, -0.05) is 0 Å². The molecule has 0 aliphatic rings. The number of carbonyl (C=O) groups excluding carboxylic acids is 1. The minimum Gasteiger partial charge on any atom is -0.497 e. The van der Waals surface area contributed by atoms with E-state index in [4.69, 9.17) is 15.2 Å². The minimum atomic E-state index is -0.179. The normalized spacial score (nSPS) is 9.06. The average molecular weight is 261 g/mol. The van der Waals surface area contributed by atoms with Crippen LogP contribution in [0.1, 0.15) is 0 Å². The summed E-state index contributed by atoms with van der Waals surface area (Å²) in [6.07, 6.45) is 0. The maximum Gasteiger partial charge on any atom is 0.257 e. The number of amides is 1. The lowest BCUT2D eigenvalue weighted by Crippen LogP contribution is -2.32. The van der Waals surface area contributed by atoms with E-state index in [9.17, 15) is 4.79 Å². The van der Waals surface area contributed by atoms with Crippen molar-refractivity contribution in [1.29, 1.82) is 0 Å². The molecule has 1 aromatic carbocycles. The van der Waals surface area contributed by atoms with Crippen LogP contribution in [0.25, 0.3) is 0 Å². The zero-order valence-corrected chi connectivity index (χ0v) is 10.5. The van der Waals surface area contributed by atoms with Crippen LogP contribution < -0.4 is 20.5 Å². The van der Waals surface area contributed by atoms with E-state index in [-0.39, 0.29) is 24.9 Å². The molecular weight excluding hydrogens is 244 g/mol. The number of ether oxygens (including phenoxy) is 2. The summed E-state index contributed by atoms with van der Waals surface area (Å²) in [5.74, 6) is 1.20. The van der Waals surface area contributed by atoms with Crippen molar-refractivity contribution >= 4 is 18.3 Å². The van der Waals surface area contributed by atoms with Gasteiger partial charge >= 0.3 is 0 Å². The van der Waals surface area contributed by atoms with Crippen LogP contribution in [0.2, 0.25) is 0 Å². The van der Waals surface area contributed by atoms with Crippen molar-refractivity contribution < 1.29 is 14.3 Å². The lowest BCUT2D eigenvalue weighted by Gasteiger charge is -2.07. The van der Waals surface area contributed by atoms with E-state index < -0.39 is 0 Å². The van der Waals surface area contributed by atoms with Gasteiger partial charge in [-0.2, -0.15) is 0 Å². The SMILES string of the molecule is COc1ccc(OCC(=O)NCCN)cc1.Cl. The van der Waals surface area contributed by atoms with Crippen LogP contribution in [0.4, 0.5) is 0 Å². The summed E-state index contributed by atoms with van der Waals surface area (Å²) in [6.45, 7) is 0.880. The Bertz CT molecular complexity index is 330. The van der Waals surface area contributed by atoms with Gasteiger partial charge in [0.05, 0.1) is 7.11 Å². The van der Waals surface area contributed by atoms with Gasteiger partial charge in [0.15, 0.2) is 6.61 Å². The Morgan fingerprint density at radius 3 is 2.41 bits per heavy atom. The number of carbonyl (C=O) groups is 1. The largest absolute Gasteiger partial charge is 0.497 e. The molecule has 17 heavy (non-hydrogen) atoms. The highest BCUT2D eigenvalue weighted by Crippen LogP contribution is 2.16.